The summed E-state index contributed by atoms with van der Waals surface area (Å²) in [6.45, 7) is 17.3. The molecule has 1 aromatic carbocycles. The lowest BCUT2D eigenvalue weighted by molar-refractivity contribution is -0.153. The van der Waals surface area contributed by atoms with E-state index in [1.54, 1.807) is 38.1 Å². The van der Waals surface area contributed by atoms with Crippen LogP contribution in [0.25, 0.3) is 0 Å². The fourth-order valence-electron chi connectivity index (χ4n) is 5.52. The van der Waals surface area contributed by atoms with Gasteiger partial charge in [-0.1, -0.05) is 59.2 Å². The molecule has 10 heteroatoms. The Morgan fingerprint density at radius 3 is 1.94 bits per heavy atom. The number of aliphatic hydroxyl groups is 2. The molecule has 4 atom stereocenters. The van der Waals surface area contributed by atoms with Gasteiger partial charge < -0.3 is 24.1 Å². The first kappa shape index (κ1) is 30.4. The van der Waals surface area contributed by atoms with Crippen molar-refractivity contribution in [2.75, 3.05) is 13.2 Å². The highest BCUT2D eigenvalue weighted by molar-refractivity contribution is 7.89. The van der Waals surface area contributed by atoms with Crippen LogP contribution in [0.3, 0.4) is 0 Å². The molecule has 0 spiro atoms. The van der Waals surface area contributed by atoms with E-state index in [2.05, 4.69) is 46.3 Å². The average molecular weight is 532 g/mol. The molecule has 0 saturated carbocycles. The Kier molecular flexibility index (Phi) is 10.1. The number of rotatable bonds is 12. The summed E-state index contributed by atoms with van der Waals surface area (Å²) in [7, 11) is -6.51. The molecule has 8 nitrogen and oxygen atoms in total. The van der Waals surface area contributed by atoms with Crippen molar-refractivity contribution in [3.63, 3.8) is 0 Å². The Morgan fingerprint density at radius 2 is 1.51 bits per heavy atom. The van der Waals surface area contributed by atoms with Gasteiger partial charge >= 0.3 is 0 Å². The molecule has 1 aliphatic rings. The van der Waals surface area contributed by atoms with Crippen LogP contribution in [-0.4, -0.2) is 70.3 Å². The number of aryl methyl sites for hydroxylation is 1. The average Bonchev–Trinajstić information content (AvgIpc) is 3.07. The molecule has 2 rings (SSSR count). The number of benzene rings is 1. The van der Waals surface area contributed by atoms with Crippen molar-refractivity contribution in [2.45, 2.75) is 114 Å². The van der Waals surface area contributed by atoms with E-state index in [0.29, 0.717) is 0 Å². The zero-order valence-corrected chi connectivity index (χ0v) is 24.4. The maximum Gasteiger partial charge on any atom is 0.240 e. The lowest BCUT2D eigenvalue weighted by atomic mass is 10.0. The van der Waals surface area contributed by atoms with Gasteiger partial charge in [0.05, 0.1) is 30.3 Å². The van der Waals surface area contributed by atoms with E-state index >= 15 is 0 Å². The summed E-state index contributed by atoms with van der Waals surface area (Å²) in [5.74, 6) is -1.03. The first-order valence-corrected chi connectivity index (χ1v) is 16.1. The van der Waals surface area contributed by atoms with Gasteiger partial charge in [0.2, 0.25) is 18.3 Å². The Bertz CT molecular complexity index is 896. The minimum atomic E-state index is -4.00. The molecule has 0 unspecified atom stereocenters. The molecule has 0 radical (unpaired) electrons. The molecule has 1 saturated heterocycles. The van der Waals surface area contributed by atoms with Crippen molar-refractivity contribution in [3.05, 3.63) is 29.8 Å². The first-order valence-electron chi connectivity index (χ1n) is 12.5. The summed E-state index contributed by atoms with van der Waals surface area (Å²) in [6, 6.07) is 5.55. The van der Waals surface area contributed by atoms with Gasteiger partial charge in [-0.15, -0.1) is 0 Å². The topological polar surface area (TPSA) is 114 Å². The molecule has 0 aromatic heterocycles. The van der Waals surface area contributed by atoms with E-state index in [4.69, 9.17) is 13.9 Å². The van der Waals surface area contributed by atoms with Crippen LogP contribution in [0.15, 0.2) is 29.2 Å². The quantitative estimate of drug-likeness (QED) is 0.352. The van der Waals surface area contributed by atoms with Gasteiger partial charge in [0, 0.05) is 0 Å². The van der Waals surface area contributed by atoms with E-state index in [0.717, 1.165) is 5.56 Å². The van der Waals surface area contributed by atoms with Crippen molar-refractivity contribution in [1.82, 2.24) is 4.72 Å². The fraction of sp³-hybridized carbons (Fsp3) is 0.760. The highest BCUT2D eigenvalue weighted by Crippen LogP contribution is 2.44. The molecular formula is C25H45NO7SSi. The van der Waals surface area contributed by atoms with Crippen molar-refractivity contribution < 1.29 is 32.5 Å². The summed E-state index contributed by atoms with van der Waals surface area (Å²) in [5, 5.41) is 20.6. The Morgan fingerprint density at radius 1 is 1.00 bits per heavy atom. The normalized spacial score (nSPS) is 22.8. The SMILES string of the molecule is Cc1ccc(S(=O)(=O)N[C@@H]([C@@H]2OC(C)(C)O[C@@H]2CO)[C@@H](CO)O[Si](C(C)C)(C(C)C)C(C)C)cc1. The van der Waals surface area contributed by atoms with Gasteiger partial charge in [-0.3, -0.25) is 0 Å². The predicted molar refractivity (Wildman–Crippen MR) is 139 cm³/mol. The maximum atomic E-state index is 13.5. The molecule has 1 aromatic rings. The summed E-state index contributed by atoms with van der Waals surface area (Å²) in [5.41, 5.74) is 1.60. The molecule has 202 valence electrons. The third-order valence-corrected chi connectivity index (χ3v) is 14.6. The van der Waals surface area contributed by atoms with Gasteiger partial charge in [-0.25, -0.2) is 13.1 Å². The van der Waals surface area contributed by atoms with E-state index < -0.39 is 55.1 Å². The second kappa shape index (κ2) is 11.7. The van der Waals surface area contributed by atoms with Crippen LogP contribution in [0.5, 0.6) is 0 Å². The van der Waals surface area contributed by atoms with Crippen LogP contribution in [0, 0.1) is 6.92 Å². The van der Waals surface area contributed by atoms with Gasteiger partial charge in [0.25, 0.3) is 0 Å². The summed E-state index contributed by atoms with van der Waals surface area (Å²) in [6.07, 6.45) is -2.56. The van der Waals surface area contributed by atoms with Crippen LogP contribution < -0.4 is 4.72 Å². The first-order chi connectivity index (χ1) is 16.1. The van der Waals surface area contributed by atoms with Crippen LogP contribution in [0.2, 0.25) is 16.6 Å². The smallest absolute Gasteiger partial charge is 0.240 e. The minimum Gasteiger partial charge on any atom is -0.409 e. The van der Waals surface area contributed by atoms with E-state index in [9.17, 15) is 18.6 Å². The monoisotopic (exact) mass is 531 g/mol. The maximum absolute atomic E-state index is 13.5. The lowest BCUT2D eigenvalue weighted by Gasteiger charge is -2.46. The highest BCUT2D eigenvalue weighted by Gasteiger charge is 2.52. The molecule has 35 heavy (non-hydrogen) atoms. The molecule has 3 N–H and O–H groups in total. The molecule has 1 heterocycles. The van der Waals surface area contributed by atoms with Gasteiger partial charge in [0.15, 0.2) is 5.79 Å². The zero-order valence-electron chi connectivity index (χ0n) is 22.6. The van der Waals surface area contributed by atoms with Crippen molar-refractivity contribution in [1.29, 1.82) is 0 Å². The lowest BCUT2D eigenvalue weighted by Crippen LogP contribution is -2.61. The third-order valence-electron chi connectivity index (χ3n) is 7.02. The number of sulfonamides is 1. The Hall–Kier alpha value is -0.853. The molecule has 0 bridgehead atoms. The molecular weight excluding hydrogens is 486 g/mol. The van der Waals surface area contributed by atoms with Gasteiger partial charge in [-0.2, -0.15) is 0 Å². The third kappa shape index (κ3) is 6.73. The standard InChI is InChI=1S/C25H45NO7SSi/c1-16(2)35(17(3)4,18(5)6)33-21(14-27)23(24-22(15-28)31-25(8,9)32-24)26-34(29,30)20-12-10-19(7)11-13-20/h10-13,16-18,21-24,26-28H,14-15H2,1-9H3/t21-,22-,23-,24-/m1/s1. The Balaban J connectivity index is 2.57. The van der Waals surface area contributed by atoms with Gasteiger partial charge in [-0.05, 0) is 49.5 Å². The van der Waals surface area contributed by atoms with Crippen molar-refractivity contribution in [3.8, 4) is 0 Å². The highest BCUT2D eigenvalue weighted by atomic mass is 32.2. The van der Waals surface area contributed by atoms with Crippen LogP contribution >= 0.6 is 0 Å². The second-order valence-corrected chi connectivity index (χ2v) is 18.1. The van der Waals surface area contributed by atoms with Gasteiger partial charge in [0.1, 0.15) is 12.2 Å². The molecule has 1 fully saturated rings. The summed E-state index contributed by atoms with van der Waals surface area (Å²) < 4.78 is 48.5. The van der Waals surface area contributed by atoms with E-state index in [1.165, 1.54) is 0 Å². The number of nitrogens with one attached hydrogen (secondary N) is 1. The zero-order chi connectivity index (χ0) is 26.8. The fourth-order valence-corrected chi connectivity index (χ4v) is 12.4. The number of ether oxygens (including phenoxy) is 2. The van der Waals surface area contributed by atoms with E-state index in [-0.39, 0.29) is 28.1 Å². The molecule has 1 aliphatic heterocycles. The number of hydrogen-bond donors (Lipinski definition) is 3. The second-order valence-electron chi connectivity index (χ2n) is 10.9. The van der Waals surface area contributed by atoms with E-state index in [1.807, 2.05) is 6.92 Å². The summed E-state index contributed by atoms with van der Waals surface area (Å²) in [4.78, 5) is 0.101. The van der Waals surface area contributed by atoms with Crippen LogP contribution in [-0.2, 0) is 23.9 Å². The summed E-state index contributed by atoms with van der Waals surface area (Å²) >= 11 is 0. The number of hydrogen-bond acceptors (Lipinski definition) is 7. The number of aliphatic hydroxyl groups excluding tert-OH is 2. The minimum absolute atomic E-state index is 0.101. The van der Waals surface area contributed by atoms with Crippen LogP contribution in [0.4, 0.5) is 0 Å². The largest absolute Gasteiger partial charge is 0.409 e. The van der Waals surface area contributed by atoms with Crippen molar-refractivity contribution in [2.24, 2.45) is 0 Å². The Labute approximate surface area is 212 Å². The molecule has 0 amide bonds. The predicted octanol–water partition coefficient (Wildman–Crippen LogP) is 3.71. The van der Waals surface area contributed by atoms with Crippen LogP contribution in [0.1, 0.15) is 61.0 Å². The van der Waals surface area contributed by atoms with Crippen molar-refractivity contribution >= 4 is 18.3 Å². The molecule has 0 aliphatic carbocycles.